The molecular weight excluding hydrogens is 579 g/mol. The van der Waals surface area contributed by atoms with Crippen molar-refractivity contribution < 1.29 is 22.7 Å². The number of hydrogen-bond acceptors (Lipinski definition) is 10. The number of amides is 1. The fourth-order valence-electron chi connectivity index (χ4n) is 5.40. The highest BCUT2D eigenvalue weighted by molar-refractivity contribution is 5.94. The summed E-state index contributed by atoms with van der Waals surface area (Å²) in [5, 5.41) is 14.4. The lowest BCUT2D eigenvalue weighted by atomic mass is 10.1. The van der Waals surface area contributed by atoms with Crippen molar-refractivity contribution >= 4 is 17.5 Å². The van der Waals surface area contributed by atoms with Gasteiger partial charge in [0, 0.05) is 38.9 Å². The summed E-state index contributed by atoms with van der Waals surface area (Å²) in [7, 11) is 0. The van der Waals surface area contributed by atoms with Gasteiger partial charge in [-0.15, -0.1) is 0 Å². The van der Waals surface area contributed by atoms with Gasteiger partial charge < -0.3 is 19.4 Å². The van der Waals surface area contributed by atoms with Crippen molar-refractivity contribution in [1.82, 2.24) is 30.0 Å². The number of piperazine rings is 1. The van der Waals surface area contributed by atoms with E-state index in [1.807, 2.05) is 22.1 Å². The molecule has 224 valence electrons. The lowest BCUT2D eigenvalue weighted by molar-refractivity contribution is -0.138. The van der Waals surface area contributed by atoms with Crippen LogP contribution in [-0.2, 0) is 12.7 Å². The Morgan fingerprint density at radius 3 is 2.55 bits per heavy atom. The number of carbonyl (C=O) groups is 1. The van der Waals surface area contributed by atoms with Crippen LogP contribution in [0.3, 0.4) is 0 Å². The SMILES string of the molecule is N#Cc1cnc(N2CCN(C(=O)c3cncc(OCC4c5ccccc5CN4c4cn[nH]c(=O)c4C(F)(F)F)c3)CC2)nc1. The van der Waals surface area contributed by atoms with Crippen LogP contribution in [0.1, 0.15) is 38.7 Å². The molecule has 2 aliphatic heterocycles. The largest absolute Gasteiger partial charge is 0.489 e. The molecule has 1 amide bonds. The molecule has 3 aromatic heterocycles. The van der Waals surface area contributed by atoms with Crippen LogP contribution in [0.15, 0.2) is 66.1 Å². The molecule has 0 spiro atoms. The average Bonchev–Trinajstić information content (AvgIpc) is 3.41. The number of hydrogen-bond donors (Lipinski definition) is 1. The fraction of sp³-hybridized carbons (Fsp3) is 0.276. The number of alkyl halides is 3. The zero-order chi connectivity index (χ0) is 30.8. The van der Waals surface area contributed by atoms with E-state index >= 15 is 0 Å². The minimum atomic E-state index is -4.90. The second-order valence-corrected chi connectivity index (χ2v) is 10.2. The third kappa shape index (κ3) is 5.61. The molecule has 0 radical (unpaired) electrons. The van der Waals surface area contributed by atoms with Crippen LogP contribution < -0.4 is 20.1 Å². The van der Waals surface area contributed by atoms with Crippen molar-refractivity contribution in [2.24, 2.45) is 0 Å². The zero-order valence-electron chi connectivity index (χ0n) is 23.0. The summed E-state index contributed by atoms with van der Waals surface area (Å²) in [4.78, 5) is 43.1. The number of H-pyrrole nitrogens is 1. The van der Waals surface area contributed by atoms with Crippen molar-refractivity contribution in [2.75, 3.05) is 42.6 Å². The van der Waals surface area contributed by atoms with Crippen molar-refractivity contribution in [3.05, 3.63) is 99.5 Å². The third-order valence-corrected chi connectivity index (χ3v) is 7.55. The molecule has 1 atom stereocenters. The smallest absolute Gasteiger partial charge is 0.423 e. The van der Waals surface area contributed by atoms with Gasteiger partial charge in [0.25, 0.3) is 11.5 Å². The molecule has 12 nitrogen and oxygen atoms in total. The number of nitrogens with zero attached hydrogens (tertiary/aromatic N) is 8. The van der Waals surface area contributed by atoms with Gasteiger partial charge in [-0.25, -0.2) is 15.1 Å². The summed E-state index contributed by atoms with van der Waals surface area (Å²) in [6, 6.07) is 10.0. The van der Waals surface area contributed by atoms with Crippen LogP contribution in [0.5, 0.6) is 5.75 Å². The Kier molecular flexibility index (Phi) is 7.56. The molecule has 5 heterocycles. The van der Waals surface area contributed by atoms with Crippen molar-refractivity contribution in [3.63, 3.8) is 0 Å². The maximum atomic E-state index is 13.9. The van der Waals surface area contributed by atoms with E-state index in [1.165, 1.54) is 29.7 Å². The number of rotatable bonds is 6. The summed E-state index contributed by atoms with van der Waals surface area (Å²) < 4.78 is 47.7. The Morgan fingerprint density at radius 2 is 1.82 bits per heavy atom. The summed E-state index contributed by atoms with van der Waals surface area (Å²) >= 11 is 0. The van der Waals surface area contributed by atoms with E-state index in [9.17, 15) is 22.8 Å². The average molecular weight is 604 g/mol. The van der Waals surface area contributed by atoms with Gasteiger partial charge in [0.1, 0.15) is 24.0 Å². The molecule has 4 aromatic rings. The summed E-state index contributed by atoms with van der Waals surface area (Å²) in [5.74, 6) is 0.499. The highest BCUT2D eigenvalue weighted by Gasteiger charge is 2.42. The van der Waals surface area contributed by atoms with E-state index in [0.717, 1.165) is 17.3 Å². The van der Waals surface area contributed by atoms with Crippen LogP contribution in [-0.4, -0.2) is 68.7 Å². The molecule has 0 saturated carbocycles. The number of aromatic nitrogens is 5. The van der Waals surface area contributed by atoms with Crippen molar-refractivity contribution in [1.29, 1.82) is 5.26 Å². The first kappa shape index (κ1) is 28.6. The molecule has 2 aliphatic rings. The summed E-state index contributed by atoms with van der Waals surface area (Å²) in [6.45, 7) is 1.85. The van der Waals surface area contributed by atoms with Crippen LogP contribution in [0, 0.1) is 11.3 Å². The van der Waals surface area contributed by atoms with Crippen LogP contribution >= 0.6 is 0 Å². The lowest BCUT2D eigenvalue weighted by Crippen LogP contribution is -2.49. The molecule has 1 aromatic carbocycles. The Bertz CT molecular complexity index is 1780. The number of aromatic amines is 1. The van der Waals surface area contributed by atoms with Gasteiger partial charge in [-0.3, -0.25) is 14.6 Å². The number of anilines is 2. The van der Waals surface area contributed by atoms with Crippen molar-refractivity contribution in [3.8, 4) is 11.8 Å². The standard InChI is InChI=1S/C29H24F3N9O3/c30-29(31,32)25-23(15-37-38-26(25)42)41-16-19-3-1-2-4-22(19)24(41)17-44-21-9-20(13-34-14-21)27(43)39-5-7-40(8-6-39)28-35-11-18(10-33)12-36-28/h1-4,9,11-15,24H,5-8,16-17H2,(H,38,42). The maximum Gasteiger partial charge on any atom is 0.423 e. The normalized spacial score (nSPS) is 16.4. The van der Waals surface area contributed by atoms with Crippen LogP contribution in [0.2, 0.25) is 0 Å². The first-order valence-electron chi connectivity index (χ1n) is 13.6. The molecule has 0 bridgehead atoms. The number of nitrogens with one attached hydrogen (secondary N) is 1. The highest BCUT2D eigenvalue weighted by atomic mass is 19.4. The van der Waals surface area contributed by atoms with Gasteiger partial charge in [-0.05, 0) is 17.2 Å². The summed E-state index contributed by atoms with van der Waals surface area (Å²) in [5.41, 5.74) is -0.796. The van der Waals surface area contributed by atoms with E-state index in [2.05, 4.69) is 20.1 Å². The third-order valence-electron chi connectivity index (χ3n) is 7.55. The Morgan fingerprint density at radius 1 is 1.07 bits per heavy atom. The molecule has 44 heavy (non-hydrogen) atoms. The molecule has 15 heteroatoms. The molecule has 1 saturated heterocycles. The van der Waals surface area contributed by atoms with Gasteiger partial charge in [0.15, 0.2) is 0 Å². The predicted molar refractivity (Wildman–Crippen MR) is 150 cm³/mol. The Balaban J connectivity index is 1.16. The molecular formula is C29H24F3N9O3. The fourth-order valence-corrected chi connectivity index (χ4v) is 5.40. The molecule has 1 N–H and O–H groups in total. The monoisotopic (exact) mass is 603 g/mol. The zero-order valence-corrected chi connectivity index (χ0v) is 23.0. The first-order valence-corrected chi connectivity index (χ1v) is 13.6. The minimum absolute atomic E-state index is 0.0797. The minimum Gasteiger partial charge on any atom is -0.489 e. The molecule has 1 fully saturated rings. The number of ether oxygens (including phenoxy) is 1. The number of benzene rings is 1. The van der Waals surface area contributed by atoms with Gasteiger partial charge in [0.2, 0.25) is 5.95 Å². The maximum absolute atomic E-state index is 13.9. The quantitative estimate of drug-likeness (QED) is 0.349. The van der Waals surface area contributed by atoms with Crippen LogP contribution in [0.4, 0.5) is 24.8 Å². The predicted octanol–water partition coefficient (Wildman–Crippen LogP) is 2.95. The van der Waals surface area contributed by atoms with Crippen molar-refractivity contribution in [2.45, 2.75) is 18.8 Å². The lowest BCUT2D eigenvalue weighted by Gasteiger charge is -2.34. The van der Waals surface area contributed by atoms with Gasteiger partial charge in [-0.1, -0.05) is 24.3 Å². The van der Waals surface area contributed by atoms with E-state index in [0.29, 0.717) is 43.3 Å². The van der Waals surface area contributed by atoms with Crippen LogP contribution in [0.25, 0.3) is 0 Å². The number of carbonyl (C=O) groups excluding carboxylic acids is 1. The van der Waals surface area contributed by atoms with Gasteiger partial charge >= 0.3 is 6.18 Å². The first-order chi connectivity index (χ1) is 21.2. The number of fused-ring (bicyclic) bond motifs is 1. The second kappa shape index (κ2) is 11.6. The van der Waals surface area contributed by atoms with E-state index in [-0.39, 0.29) is 30.5 Å². The highest BCUT2D eigenvalue weighted by Crippen LogP contribution is 2.42. The van der Waals surface area contributed by atoms with E-state index in [4.69, 9.17) is 10.00 Å². The molecule has 6 rings (SSSR count). The molecule has 0 aliphatic carbocycles. The number of nitriles is 1. The summed E-state index contributed by atoms with van der Waals surface area (Å²) in [6.07, 6.45) is 1.86. The Hall–Kier alpha value is -5.52. The molecule has 1 unspecified atom stereocenters. The van der Waals surface area contributed by atoms with E-state index in [1.54, 1.807) is 29.2 Å². The number of pyridine rings is 1. The topological polar surface area (TPSA) is 144 Å². The van der Waals surface area contributed by atoms with Gasteiger partial charge in [-0.2, -0.15) is 23.5 Å². The number of halogens is 3. The van der Waals surface area contributed by atoms with Gasteiger partial charge in [0.05, 0.1) is 47.6 Å². The van der Waals surface area contributed by atoms with E-state index < -0.39 is 23.3 Å². The Labute approximate surface area is 248 Å². The second-order valence-electron chi connectivity index (χ2n) is 10.2.